The average molecular weight is 288 g/mol. The van der Waals surface area contributed by atoms with Crippen LogP contribution in [0.2, 0.25) is 0 Å². The first-order valence-corrected chi connectivity index (χ1v) is 7.22. The standard InChI is InChI=1S/C13H24N2O3S/c1-13(2,3)18-12(17)14-6-4-5-7-15-9-10(19)8-11(15)16/h10,19H,4-9H2,1-3H3,(H,14,17). The van der Waals surface area contributed by atoms with E-state index in [4.69, 9.17) is 4.74 Å². The summed E-state index contributed by atoms with van der Waals surface area (Å²) < 4.78 is 5.12. The van der Waals surface area contributed by atoms with E-state index in [1.165, 1.54) is 0 Å². The van der Waals surface area contributed by atoms with Gasteiger partial charge in [-0.2, -0.15) is 12.6 Å². The van der Waals surface area contributed by atoms with Crippen LogP contribution < -0.4 is 5.32 Å². The van der Waals surface area contributed by atoms with Gasteiger partial charge in [0.15, 0.2) is 0 Å². The molecule has 110 valence electrons. The van der Waals surface area contributed by atoms with Crippen molar-refractivity contribution >= 4 is 24.6 Å². The number of hydrogen-bond donors (Lipinski definition) is 2. The number of ether oxygens (including phenoxy) is 1. The molecule has 1 saturated heterocycles. The Morgan fingerprint density at radius 2 is 2.16 bits per heavy atom. The second kappa shape index (κ2) is 7.03. The van der Waals surface area contributed by atoms with Crippen LogP contribution in [0.4, 0.5) is 4.79 Å². The number of carbonyl (C=O) groups is 2. The lowest BCUT2D eigenvalue weighted by Gasteiger charge is -2.20. The Kier molecular flexibility index (Phi) is 5.97. The van der Waals surface area contributed by atoms with E-state index >= 15 is 0 Å². The molecule has 0 aliphatic carbocycles. The third-order valence-electron chi connectivity index (χ3n) is 2.72. The molecule has 1 aliphatic heterocycles. The Morgan fingerprint density at radius 3 is 2.68 bits per heavy atom. The third kappa shape index (κ3) is 6.71. The number of hydrogen-bond acceptors (Lipinski definition) is 4. The monoisotopic (exact) mass is 288 g/mol. The molecular weight excluding hydrogens is 264 g/mol. The summed E-state index contributed by atoms with van der Waals surface area (Å²) in [6.45, 7) is 7.55. The second-order valence-electron chi connectivity index (χ2n) is 5.83. The van der Waals surface area contributed by atoms with Gasteiger partial charge in [0, 0.05) is 31.3 Å². The first-order chi connectivity index (χ1) is 8.78. The van der Waals surface area contributed by atoms with Crippen LogP contribution in [0.3, 0.4) is 0 Å². The zero-order valence-corrected chi connectivity index (χ0v) is 12.8. The third-order valence-corrected chi connectivity index (χ3v) is 3.06. The fourth-order valence-electron chi connectivity index (χ4n) is 1.90. The lowest BCUT2D eigenvalue weighted by molar-refractivity contribution is -0.127. The first-order valence-electron chi connectivity index (χ1n) is 6.70. The summed E-state index contributed by atoms with van der Waals surface area (Å²) in [5, 5.41) is 2.88. The van der Waals surface area contributed by atoms with Crippen LogP contribution in [0, 0.1) is 0 Å². The van der Waals surface area contributed by atoms with E-state index < -0.39 is 5.60 Å². The van der Waals surface area contributed by atoms with E-state index in [-0.39, 0.29) is 17.3 Å². The summed E-state index contributed by atoms with van der Waals surface area (Å²) in [4.78, 5) is 24.7. The molecule has 0 aromatic rings. The summed E-state index contributed by atoms with van der Waals surface area (Å²) in [6, 6.07) is 0. The molecule has 6 heteroatoms. The van der Waals surface area contributed by atoms with Crippen LogP contribution in [0.25, 0.3) is 0 Å². The van der Waals surface area contributed by atoms with E-state index in [0.29, 0.717) is 13.0 Å². The molecule has 0 aromatic heterocycles. The molecule has 1 atom stereocenters. The smallest absolute Gasteiger partial charge is 0.407 e. The highest BCUT2D eigenvalue weighted by Gasteiger charge is 2.26. The van der Waals surface area contributed by atoms with E-state index in [1.54, 1.807) is 0 Å². The maximum atomic E-state index is 11.5. The van der Waals surface area contributed by atoms with Gasteiger partial charge in [-0.15, -0.1) is 0 Å². The van der Waals surface area contributed by atoms with E-state index in [1.807, 2.05) is 25.7 Å². The Morgan fingerprint density at radius 1 is 1.47 bits per heavy atom. The van der Waals surface area contributed by atoms with Crippen molar-refractivity contribution in [1.82, 2.24) is 10.2 Å². The van der Waals surface area contributed by atoms with Gasteiger partial charge in [0.05, 0.1) is 0 Å². The van der Waals surface area contributed by atoms with Crippen molar-refractivity contribution in [2.45, 2.75) is 50.9 Å². The van der Waals surface area contributed by atoms with Crippen LogP contribution in [-0.2, 0) is 9.53 Å². The SMILES string of the molecule is CC(C)(C)OC(=O)NCCCCN1CC(S)CC1=O. The highest BCUT2D eigenvalue weighted by molar-refractivity contribution is 7.81. The van der Waals surface area contributed by atoms with Gasteiger partial charge in [-0.1, -0.05) is 0 Å². The second-order valence-corrected chi connectivity index (χ2v) is 6.56. The summed E-state index contributed by atoms with van der Waals surface area (Å²) in [7, 11) is 0. The molecule has 1 heterocycles. The molecule has 0 bridgehead atoms. The summed E-state index contributed by atoms with van der Waals surface area (Å²) in [5.74, 6) is 0.181. The van der Waals surface area contributed by atoms with Crippen molar-refractivity contribution in [3.05, 3.63) is 0 Å². The number of alkyl carbamates (subject to hydrolysis) is 1. The molecule has 1 rings (SSSR count). The largest absolute Gasteiger partial charge is 0.444 e. The van der Waals surface area contributed by atoms with Gasteiger partial charge >= 0.3 is 6.09 Å². The number of unbranched alkanes of at least 4 members (excludes halogenated alkanes) is 1. The molecule has 0 spiro atoms. The summed E-state index contributed by atoms with van der Waals surface area (Å²) >= 11 is 4.30. The molecule has 1 fully saturated rings. The maximum Gasteiger partial charge on any atom is 0.407 e. The van der Waals surface area contributed by atoms with Gasteiger partial charge in [-0.3, -0.25) is 4.79 Å². The molecule has 19 heavy (non-hydrogen) atoms. The highest BCUT2D eigenvalue weighted by Crippen LogP contribution is 2.16. The minimum Gasteiger partial charge on any atom is -0.444 e. The molecule has 0 radical (unpaired) electrons. The molecular formula is C13H24N2O3S. The predicted octanol–water partition coefficient (Wildman–Crippen LogP) is 1.82. The number of likely N-dealkylation sites (tertiary alicyclic amines) is 1. The average Bonchev–Trinajstić information content (AvgIpc) is 2.54. The maximum absolute atomic E-state index is 11.5. The number of amides is 2. The Hall–Kier alpha value is -0.910. The highest BCUT2D eigenvalue weighted by atomic mass is 32.1. The fraction of sp³-hybridized carbons (Fsp3) is 0.846. The molecule has 1 aliphatic rings. The van der Waals surface area contributed by atoms with Gasteiger partial charge in [-0.05, 0) is 33.6 Å². The van der Waals surface area contributed by atoms with Gasteiger partial charge in [0.2, 0.25) is 5.91 Å². The zero-order valence-electron chi connectivity index (χ0n) is 11.9. The minimum atomic E-state index is -0.465. The molecule has 1 unspecified atom stereocenters. The Bertz CT molecular complexity index is 328. The molecule has 5 nitrogen and oxygen atoms in total. The van der Waals surface area contributed by atoms with Crippen molar-refractivity contribution in [3.63, 3.8) is 0 Å². The molecule has 2 amide bonds. The number of thiol groups is 1. The Balaban J connectivity index is 2.05. The van der Waals surface area contributed by atoms with Crippen molar-refractivity contribution in [3.8, 4) is 0 Å². The molecule has 0 aromatic carbocycles. The number of rotatable bonds is 5. The fourth-order valence-corrected chi connectivity index (χ4v) is 2.25. The van der Waals surface area contributed by atoms with Crippen LogP contribution in [0.5, 0.6) is 0 Å². The number of nitrogens with one attached hydrogen (secondary N) is 1. The summed E-state index contributed by atoms with van der Waals surface area (Å²) in [6.07, 6.45) is 1.86. The van der Waals surface area contributed by atoms with E-state index in [2.05, 4.69) is 17.9 Å². The predicted molar refractivity (Wildman–Crippen MR) is 77.4 cm³/mol. The minimum absolute atomic E-state index is 0.174. The quantitative estimate of drug-likeness (QED) is 0.599. The zero-order chi connectivity index (χ0) is 14.5. The van der Waals surface area contributed by atoms with Gasteiger partial charge in [0.1, 0.15) is 5.60 Å². The molecule has 1 N–H and O–H groups in total. The number of carbonyl (C=O) groups excluding carboxylic acids is 2. The normalized spacial score (nSPS) is 19.7. The van der Waals surface area contributed by atoms with Crippen molar-refractivity contribution in [1.29, 1.82) is 0 Å². The lowest BCUT2D eigenvalue weighted by Crippen LogP contribution is -2.33. The lowest BCUT2D eigenvalue weighted by atomic mass is 10.2. The van der Waals surface area contributed by atoms with Crippen molar-refractivity contribution < 1.29 is 14.3 Å². The number of nitrogens with zero attached hydrogens (tertiary/aromatic N) is 1. The Labute approximate surface area is 120 Å². The molecule has 0 saturated carbocycles. The van der Waals surface area contributed by atoms with Gasteiger partial charge in [0.25, 0.3) is 0 Å². The van der Waals surface area contributed by atoms with Crippen molar-refractivity contribution in [2.75, 3.05) is 19.6 Å². The van der Waals surface area contributed by atoms with Crippen LogP contribution in [0.15, 0.2) is 0 Å². The van der Waals surface area contributed by atoms with Crippen LogP contribution in [0.1, 0.15) is 40.0 Å². The first kappa shape index (κ1) is 16.1. The van der Waals surface area contributed by atoms with E-state index in [9.17, 15) is 9.59 Å². The van der Waals surface area contributed by atoms with Gasteiger partial charge in [-0.25, -0.2) is 4.79 Å². The summed E-state index contributed by atoms with van der Waals surface area (Å²) in [5.41, 5.74) is -0.465. The topological polar surface area (TPSA) is 58.6 Å². The van der Waals surface area contributed by atoms with Gasteiger partial charge < -0.3 is 15.0 Å². The van der Waals surface area contributed by atoms with E-state index in [0.717, 1.165) is 25.9 Å². The van der Waals surface area contributed by atoms with Crippen LogP contribution >= 0.6 is 12.6 Å². The van der Waals surface area contributed by atoms with Crippen LogP contribution in [-0.4, -0.2) is 47.4 Å². The van der Waals surface area contributed by atoms with Crippen molar-refractivity contribution in [2.24, 2.45) is 0 Å².